The smallest absolute Gasteiger partial charge is 0.407 e. The highest BCUT2D eigenvalue weighted by Gasteiger charge is 2.24. The number of amides is 1. The van der Waals surface area contributed by atoms with Gasteiger partial charge in [-0.15, -0.1) is 24.0 Å². The summed E-state index contributed by atoms with van der Waals surface area (Å²) in [4.78, 5) is 16.2. The summed E-state index contributed by atoms with van der Waals surface area (Å²) in [7, 11) is -3.09. The molecule has 0 radical (unpaired) electrons. The number of alkyl carbamates (subject to hydrolysis) is 1. The van der Waals surface area contributed by atoms with Crippen LogP contribution in [0.1, 0.15) is 47.0 Å². The normalized spacial score (nSPS) is 16.7. The summed E-state index contributed by atoms with van der Waals surface area (Å²) in [6.45, 7) is 11.3. The summed E-state index contributed by atoms with van der Waals surface area (Å²) in [6.07, 6.45) is 3.26. The molecule has 1 saturated heterocycles. The van der Waals surface area contributed by atoms with E-state index >= 15 is 0 Å². The van der Waals surface area contributed by atoms with E-state index in [9.17, 15) is 13.2 Å². The van der Waals surface area contributed by atoms with Gasteiger partial charge in [0.05, 0.1) is 6.26 Å². The van der Waals surface area contributed by atoms with Gasteiger partial charge in [0.1, 0.15) is 5.60 Å². The average molecular weight is 548 g/mol. The molecule has 0 aliphatic carbocycles. The largest absolute Gasteiger partial charge is 0.444 e. The molecule has 0 aromatic heterocycles. The zero-order valence-electron chi connectivity index (χ0n) is 18.3. The fourth-order valence-corrected chi connectivity index (χ4v) is 3.66. The molecule has 0 aromatic carbocycles. The molecule has 0 aromatic rings. The van der Waals surface area contributed by atoms with Crippen molar-refractivity contribution in [2.24, 2.45) is 10.9 Å². The number of nitrogens with zero attached hydrogens (tertiary/aromatic N) is 2. The lowest BCUT2D eigenvalue weighted by molar-refractivity contribution is 0.0527. The van der Waals surface area contributed by atoms with Crippen LogP contribution in [0.3, 0.4) is 0 Å². The molecule has 1 rings (SSSR count). The van der Waals surface area contributed by atoms with E-state index in [1.807, 2.05) is 27.7 Å². The van der Waals surface area contributed by atoms with Crippen LogP contribution in [0.2, 0.25) is 0 Å². The van der Waals surface area contributed by atoms with Gasteiger partial charge in [-0.2, -0.15) is 0 Å². The van der Waals surface area contributed by atoms with Gasteiger partial charge in [0.2, 0.25) is 10.0 Å². The van der Waals surface area contributed by atoms with Crippen molar-refractivity contribution >= 4 is 46.1 Å². The number of hydrogen-bond acceptors (Lipinski definition) is 5. The molecule has 0 atom stereocenters. The van der Waals surface area contributed by atoms with E-state index in [1.165, 1.54) is 10.6 Å². The van der Waals surface area contributed by atoms with Gasteiger partial charge in [-0.25, -0.2) is 17.5 Å². The summed E-state index contributed by atoms with van der Waals surface area (Å²) < 4.78 is 29.9. The van der Waals surface area contributed by atoms with Crippen LogP contribution >= 0.6 is 24.0 Å². The first-order valence-corrected chi connectivity index (χ1v) is 11.8. The molecule has 9 nitrogen and oxygen atoms in total. The summed E-state index contributed by atoms with van der Waals surface area (Å²) >= 11 is 0. The molecule has 1 aliphatic heterocycles. The Morgan fingerprint density at radius 3 is 2.24 bits per heavy atom. The summed E-state index contributed by atoms with van der Waals surface area (Å²) in [5.74, 6) is 1.13. The molecule has 0 bridgehead atoms. The van der Waals surface area contributed by atoms with Gasteiger partial charge in [0.15, 0.2) is 5.96 Å². The number of nitrogens with one attached hydrogen (secondary N) is 3. The zero-order valence-corrected chi connectivity index (χ0v) is 21.4. The molecular formula is C18H38IN5O4S. The minimum atomic E-state index is -3.09. The maximum Gasteiger partial charge on any atom is 0.407 e. The van der Waals surface area contributed by atoms with E-state index in [0.29, 0.717) is 38.6 Å². The number of rotatable bonds is 8. The SMILES string of the molecule is CCNC(=NCC1CCN(S(C)(=O)=O)CC1)NCCCNC(=O)OC(C)(C)C.I. The van der Waals surface area contributed by atoms with Crippen LogP contribution in [0.25, 0.3) is 0 Å². The van der Waals surface area contributed by atoms with E-state index in [2.05, 4.69) is 20.9 Å². The molecule has 1 amide bonds. The van der Waals surface area contributed by atoms with Gasteiger partial charge in [-0.1, -0.05) is 0 Å². The quantitative estimate of drug-likeness (QED) is 0.185. The lowest BCUT2D eigenvalue weighted by atomic mass is 9.98. The van der Waals surface area contributed by atoms with Crippen molar-refractivity contribution in [2.45, 2.75) is 52.6 Å². The van der Waals surface area contributed by atoms with Gasteiger partial charge >= 0.3 is 6.09 Å². The Kier molecular flexibility index (Phi) is 13.1. The third kappa shape index (κ3) is 13.2. The Hall–Kier alpha value is -0.820. The Balaban J connectivity index is 0.00000784. The van der Waals surface area contributed by atoms with Crippen LogP contribution in [-0.4, -0.2) is 75.9 Å². The number of halogens is 1. The molecule has 0 saturated carbocycles. The second kappa shape index (κ2) is 13.5. The standard InChI is InChI=1S/C18H37N5O4S.HI/c1-6-19-16(20-10-7-11-21-17(24)27-18(2,3)4)22-14-15-8-12-23(13-9-15)28(5,25)26;/h15H,6-14H2,1-5H3,(H,21,24)(H2,19,20,22);1H. The van der Waals surface area contributed by atoms with E-state index in [1.54, 1.807) is 0 Å². The first-order chi connectivity index (χ1) is 13.0. The summed E-state index contributed by atoms with van der Waals surface area (Å²) in [5, 5.41) is 9.19. The van der Waals surface area contributed by atoms with E-state index < -0.39 is 21.7 Å². The second-order valence-corrected chi connectivity index (χ2v) is 10.0. The molecule has 1 aliphatic rings. The number of carbonyl (C=O) groups excluding carboxylic acids is 1. The summed E-state index contributed by atoms with van der Waals surface area (Å²) in [5.41, 5.74) is -0.495. The Morgan fingerprint density at radius 2 is 1.72 bits per heavy atom. The highest BCUT2D eigenvalue weighted by Crippen LogP contribution is 2.19. The number of hydrogen-bond donors (Lipinski definition) is 3. The monoisotopic (exact) mass is 547 g/mol. The number of sulfonamides is 1. The molecular weight excluding hydrogens is 509 g/mol. The average Bonchev–Trinajstić information content (AvgIpc) is 2.57. The van der Waals surface area contributed by atoms with Crippen LogP contribution in [0.15, 0.2) is 4.99 Å². The molecule has 0 spiro atoms. The highest BCUT2D eigenvalue weighted by molar-refractivity contribution is 14.0. The highest BCUT2D eigenvalue weighted by atomic mass is 127. The molecule has 172 valence electrons. The molecule has 11 heteroatoms. The maximum absolute atomic E-state index is 11.6. The van der Waals surface area contributed by atoms with Crippen LogP contribution < -0.4 is 16.0 Å². The second-order valence-electron chi connectivity index (χ2n) is 8.03. The van der Waals surface area contributed by atoms with Gasteiger partial charge in [0, 0.05) is 39.3 Å². The molecule has 0 unspecified atom stereocenters. The van der Waals surface area contributed by atoms with Crippen LogP contribution in [-0.2, 0) is 14.8 Å². The molecule has 1 fully saturated rings. The van der Waals surface area contributed by atoms with Crippen LogP contribution in [0.4, 0.5) is 4.79 Å². The van der Waals surface area contributed by atoms with Crippen molar-refractivity contribution in [1.82, 2.24) is 20.3 Å². The molecule has 1 heterocycles. The predicted molar refractivity (Wildman–Crippen MR) is 127 cm³/mol. The van der Waals surface area contributed by atoms with E-state index in [-0.39, 0.29) is 24.0 Å². The van der Waals surface area contributed by atoms with E-state index in [0.717, 1.165) is 31.8 Å². The van der Waals surface area contributed by atoms with Crippen molar-refractivity contribution in [2.75, 3.05) is 45.5 Å². The Bertz CT molecular complexity index is 614. The van der Waals surface area contributed by atoms with Crippen molar-refractivity contribution in [3.63, 3.8) is 0 Å². The van der Waals surface area contributed by atoms with Crippen molar-refractivity contribution < 1.29 is 17.9 Å². The minimum Gasteiger partial charge on any atom is -0.444 e. The lowest BCUT2D eigenvalue weighted by Crippen LogP contribution is -2.41. The number of aliphatic imine (C=N–C) groups is 1. The fourth-order valence-electron chi connectivity index (χ4n) is 2.79. The van der Waals surface area contributed by atoms with Gasteiger partial charge < -0.3 is 20.7 Å². The Morgan fingerprint density at radius 1 is 1.14 bits per heavy atom. The number of piperidine rings is 1. The Labute approximate surface area is 192 Å². The van der Waals surface area contributed by atoms with Gasteiger partial charge in [0.25, 0.3) is 0 Å². The van der Waals surface area contributed by atoms with Crippen LogP contribution in [0.5, 0.6) is 0 Å². The minimum absolute atomic E-state index is 0. The van der Waals surface area contributed by atoms with Gasteiger partial charge in [-0.05, 0) is 52.9 Å². The third-order valence-electron chi connectivity index (χ3n) is 4.21. The number of ether oxygens (including phenoxy) is 1. The number of carbonyl (C=O) groups is 1. The first-order valence-electron chi connectivity index (χ1n) is 9.95. The predicted octanol–water partition coefficient (Wildman–Crippen LogP) is 1.75. The first kappa shape index (κ1) is 28.2. The number of guanidine groups is 1. The topological polar surface area (TPSA) is 112 Å². The molecule has 3 N–H and O–H groups in total. The van der Waals surface area contributed by atoms with Crippen molar-refractivity contribution in [1.29, 1.82) is 0 Å². The van der Waals surface area contributed by atoms with Crippen molar-refractivity contribution in [3.05, 3.63) is 0 Å². The maximum atomic E-state index is 11.6. The fraction of sp³-hybridized carbons (Fsp3) is 0.889. The van der Waals surface area contributed by atoms with Crippen molar-refractivity contribution in [3.8, 4) is 0 Å². The lowest BCUT2D eigenvalue weighted by Gasteiger charge is -2.29. The van der Waals surface area contributed by atoms with Gasteiger partial charge in [-0.3, -0.25) is 4.99 Å². The third-order valence-corrected chi connectivity index (χ3v) is 5.51. The van der Waals surface area contributed by atoms with Crippen LogP contribution in [0, 0.1) is 5.92 Å². The summed E-state index contributed by atoms with van der Waals surface area (Å²) in [6, 6.07) is 0. The molecule has 29 heavy (non-hydrogen) atoms. The van der Waals surface area contributed by atoms with E-state index in [4.69, 9.17) is 4.74 Å². The zero-order chi connectivity index (χ0) is 21.2.